The van der Waals surface area contributed by atoms with Gasteiger partial charge in [-0.2, -0.15) is 5.10 Å². The molecule has 0 aliphatic rings. The number of fused-ring (bicyclic) bond motifs is 3. The molecule has 0 spiro atoms. The lowest BCUT2D eigenvalue weighted by atomic mass is 10.2. The zero-order valence-electron chi connectivity index (χ0n) is 13.4. The number of hydrogen-bond donors (Lipinski definition) is 1. The van der Waals surface area contributed by atoms with Crippen molar-refractivity contribution in [1.29, 1.82) is 0 Å². The molecular weight excluding hydrogens is 338 g/mol. The Labute approximate surface area is 144 Å². The summed E-state index contributed by atoms with van der Waals surface area (Å²) in [5.74, 6) is 0. The molecule has 1 aromatic carbocycles. The fourth-order valence-electron chi connectivity index (χ4n) is 2.82. The van der Waals surface area contributed by atoms with Crippen LogP contribution in [0.15, 0.2) is 53.7 Å². The van der Waals surface area contributed by atoms with Gasteiger partial charge >= 0.3 is 0 Å². The normalized spacial score (nSPS) is 12.1. The first-order chi connectivity index (χ1) is 11.9. The maximum Gasteiger partial charge on any atom is 0.238 e. The molecule has 25 heavy (non-hydrogen) atoms. The minimum Gasteiger partial charge on any atom is -0.260 e. The molecule has 0 saturated heterocycles. The largest absolute Gasteiger partial charge is 0.260 e. The second-order valence-electron chi connectivity index (χ2n) is 5.88. The molecule has 2 N–H and O–H groups in total. The predicted molar refractivity (Wildman–Crippen MR) is 94.5 cm³/mol. The predicted octanol–water partition coefficient (Wildman–Crippen LogP) is 1.98. The Balaban J connectivity index is 1.79. The monoisotopic (exact) mass is 353 g/mol. The number of nitrogens with two attached hydrogens (primary N) is 1. The van der Waals surface area contributed by atoms with E-state index in [0.29, 0.717) is 12.2 Å². The highest BCUT2D eigenvalue weighted by atomic mass is 32.2. The molecule has 126 valence electrons. The lowest BCUT2D eigenvalue weighted by Crippen LogP contribution is -2.12. The third kappa shape index (κ3) is 2.86. The number of aryl methyl sites for hydroxylation is 1. The lowest BCUT2D eigenvalue weighted by Gasteiger charge is -2.07. The van der Waals surface area contributed by atoms with Crippen LogP contribution in [-0.2, 0) is 16.6 Å². The second-order valence-corrected chi connectivity index (χ2v) is 7.44. The highest BCUT2D eigenvalue weighted by molar-refractivity contribution is 7.89. The van der Waals surface area contributed by atoms with Crippen LogP contribution in [0.25, 0.3) is 21.9 Å². The van der Waals surface area contributed by atoms with Gasteiger partial charge in [-0.15, -0.1) is 0 Å². The summed E-state index contributed by atoms with van der Waals surface area (Å²) < 4.78 is 24.6. The molecule has 3 heterocycles. The van der Waals surface area contributed by atoms with Crippen molar-refractivity contribution in [3.05, 3.63) is 60.0 Å². The van der Waals surface area contributed by atoms with Crippen LogP contribution < -0.4 is 5.14 Å². The number of sulfonamides is 1. The van der Waals surface area contributed by atoms with E-state index in [1.165, 1.54) is 12.1 Å². The van der Waals surface area contributed by atoms with E-state index >= 15 is 0 Å². The van der Waals surface area contributed by atoms with Crippen LogP contribution in [0, 0.1) is 6.92 Å². The van der Waals surface area contributed by atoms with Crippen molar-refractivity contribution in [3.63, 3.8) is 0 Å². The molecule has 0 fully saturated rings. The molecule has 0 bridgehead atoms. The van der Waals surface area contributed by atoms with E-state index in [1.54, 1.807) is 24.5 Å². The SMILES string of the molecule is Cc1ccc2c(ncc3cnn(Cc4ccc(S(N)(=O)=O)cc4)c32)n1. The molecule has 0 atom stereocenters. The maximum atomic E-state index is 11.4. The minimum absolute atomic E-state index is 0.0934. The first kappa shape index (κ1) is 15.7. The van der Waals surface area contributed by atoms with E-state index in [0.717, 1.165) is 27.5 Å². The summed E-state index contributed by atoms with van der Waals surface area (Å²) in [7, 11) is -3.69. The van der Waals surface area contributed by atoms with Gasteiger partial charge in [0.25, 0.3) is 0 Å². The average molecular weight is 353 g/mol. The van der Waals surface area contributed by atoms with Crippen molar-refractivity contribution in [1.82, 2.24) is 19.7 Å². The maximum absolute atomic E-state index is 11.4. The summed E-state index contributed by atoms with van der Waals surface area (Å²) in [5.41, 5.74) is 3.46. The van der Waals surface area contributed by atoms with Crippen molar-refractivity contribution >= 4 is 32.0 Å². The number of primary sulfonamides is 1. The first-order valence-electron chi connectivity index (χ1n) is 7.61. The topological polar surface area (TPSA) is 104 Å². The number of rotatable bonds is 3. The molecule has 3 aromatic heterocycles. The number of hydrogen-bond acceptors (Lipinski definition) is 5. The van der Waals surface area contributed by atoms with Gasteiger partial charge < -0.3 is 0 Å². The molecule has 4 rings (SSSR count). The summed E-state index contributed by atoms with van der Waals surface area (Å²) in [6.07, 6.45) is 3.53. The minimum atomic E-state index is -3.69. The van der Waals surface area contributed by atoms with Crippen molar-refractivity contribution in [3.8, 4) is 0 Å². The van der Waals surface area contributed by atoms with Crippen LogP contribution in [0.2, 0.25) is 0 Å². The molecule has 7 nitrogen and oxygen atoms in total. The third-order valence-electron chi connectivity index (χ3n) is 4.05. The van der Waals surface area contributed by atoms with E-state index in [1.807, 2.05) is 23.7 Å². The van der Waals surface area contributed by atoms with Crippen LogP contribution in [0.4, 0.5) is 0 Å². The van der Waals surface area contributed by atoms with Crippen LogP contribution in [-0.4, -0.2) is 28.2 Å². The fourth-order valence-corrected chi connectivity index (χ4v) is 3.34. The van der Waals surface area contributed by atoms with Crippen LogP contribution in [0.3, 0.4) is 0 Å². The molecule has 0 aliphatic heterocycles. The fraction of sp³-hybridized carbons (Fsp3) is 0.118. The summed E-state index contributed by atoms with van der Waals surface area (Å²) in [6.45, 7) is 2.43. The van der Waals surface area contributed by atoms with Gasteiger partial charge in [-0.05, 0) is 36.8 Å². The van der Waals surface area contributed by atoms with Gasteiger partial charge in [0.15, 0.2) is 5.65 Å². The number of aromatic nitrogens is 4. The van der Waals surface area contributed by atoms with Gasteiger partial charge in [-0.1, -0.05) is 12.1 Å². The standard InChI is InChI=1S/C17H15N5O2S/c1-11-2-7-15-16-13(8-19-17(15)21-11)9-20-22(16)10-12-3-5-14(6-4-12)25(18,23)24/h2-9H,10H2,1H3,(H2,18,23,24). The molecule has 0 unspecified atom stereocenters. The van der Waals surface area contributed by atoms with Crippen LogP contribution >= 0.6 is 0 Å². The molecule has 0 aliphatic carbocycles. The van der Waals surface area contributed by atoms with Gasteiger partial charge in [-0.25, -0.2) is 23.5 Å². The Bertz CT molecular complexity index is 1200. The summed E-state index contributed by atoms with van der Waals surface area (Å²) in [4.78, 5) is 8.94. The number of pyridine rings is 2. The third-order valence-corrected chi connectivity index (χ3v) is 4.98. The van der Waals surface area contributed by atoms with Crippen molar-refractivity contribution < 1.29 is 8.42 Å². The van der Waals surface area contributed by atoms with Gasteiger partial charge in [0.1, 0.15) is 0 Å². The molecule has 0 radical (unpaired) electrons. The number of nitrogens with zero attached hydrogens (tertiary/aromatic N) is 4. The van der Waals surface area contributed by atoms with E-state index < -0.39 is 10.0 Å². The Morgan fingerprint density at radius 2 is 1.84 bits per heavy atom. The molecular formula is C17H15N5O2S. The quantitative estimate of drug-likeness (QED) is 0.606. The summed E-state index contributed by atoms with van der Waals surface area (Å²) in [5, 5.41) is 11.4. The van der Waals surface area contributed by atoms with Crippen molar-refractivity contribution in [2.24, 2.45) is 5.14 Å². The highest BCUT2D eigenvalue weighted by Gasteiger charge is 2.11. The Morgan fingerprint density at radius 1 is 1.08 bits per heavy atom. The molecule has 0 amide bonds. The zero-order chi connectivity index (χ0) is 17.6. The zero-order valence-corrected chi connectivity index (χ0v) is 14.2. The van der Waals surface area contributed by atoms with Gasteiger partial charge in [0.2, 0.25) is 10.0 Å². The van der Waals surface area contributed by atoms with Gasteiger partial charge in [0, 0.05) is 22.7 Å². The van der Waals surface area contributed by atoms with Crippen molar-refractivity contribution in [2.45, 2.75) is 18.4 Å². The summed E-state index contributed by atoms with van der Waals surface area (Å²) in [6, 6.07) is 10.4. The Kier molecular flexibility index (Phi) is 3.52. The lowest BCUT2D eigenvalue weighted by molar-refractivity contribution is 0.597. The van der Waals surface area contributed by atoms with Crippen molar-refractivity contribution in [2.75, 3.05) is 0 Å². The highest BCUT2D eigenvalue weighted by Crippen LogP contribution is 2.23. The smallest absolute Gasteiger partial charge is 0.238 e. The second kappa shape index (κ2) is 5.61. The molecule has 8 heteroatoms. The number of benzene rings is 1. The summed E-state index contributed by atoms with van der Waals surface area (Å²) >= 11 is 0. The first-order valence-corrected chi connectivity index (χ1v) is 9.16. The van der Waals surface area contributed by atoms with E-state index in [9.17, 15) is 8.42 Å². The molecule has 0 saturated carbocycles. The Morgan fingerprint density at radius 3 is 2.56 bits per heavy atom. The Hall–Kier alpha value is -2.84. The van der Waals surface area contributed by atoms with Crippen LogP contribution in [0.5, 0.6) is 0 Å². The van der Waals surface area contributed by atoms with E-state index in [2.05, 4.69) is 15.1 Å². The molecule has 4 aromatic rings. The van der Waals surface area contributed by atoms with Crippen LogP contribution in [0.1, 0.15) is 11.3 Å². The van der Waals surface area contributed by atoms with E-state index in [4.69, 9.17) is 5.14 Å². The van der Waals surface area contributed by atoms with Gasteiger partial charge in [-0.3, -0.25) is 4.68 Å². The van der Waals surface area contributed by atoms with E-state index in [-0.39, 0.29) is 4.90 Å². The van der Waals surface area contributed by atoms with Gasteiger partial charge in [0.05, 0.1) is 23.2 Å². The average Bonchev–Trinajstić information content (AvgIpc) is 2.97.